The normalized spacial score (nSPS) is 22.7. The molecule has 1 aromatic carbocycles. The average molecular weight is 456 g/mol. The van der Waals surface area contributed by atoms with Crippen LogP contribution in [-0.4, -0.2) is 42.0 Å². The Labute approximate surface area is 182 Å². The van der Waals surface area contributed by atoms with E-state index in [9.17, 15) is 4.79 Å². The molecule has 0 aliphatic carbocycles. The average Bonchev–Trinajstić information content (AvgIpc) is 3.23. The summed E-state index contributed by atoms with van der Waals surface area (Å²) in [5, 5.41) is 3.46. The third-order valence-corrected chi connectivity index (χ3v) is 6.96. The van der Waals surface area contributed by atoms with Gasteiger partial charge in [0.2, 0.25) is 5.91 Å². The molecule has 2 fully saturated rings. The van der Waals surface area contributed by atoms with E-state index in [1.165, 1.54) is 5.56 Å². The van der Waals surface area contributed by atoms with Gasteiger partial charge in [-0.2, -0.15) is 0 Å². The highest BCUT2D eigenvalue weighted by molar-refractivity contribution is 9.10. The third kappa shape index (κ3) is 5.26. The van der Waals surface area contributed by atoms with Gasteiger partial charge in [0.05, 0.1) is 5.92 Å². The lowest BCUT2D eigenvalue weighted by atomic mass is 9.86. The standard InChI is InChI=1S/C24H30BrN3O/c25-23-11-5-10-21(27-23)9-4-8-20-16-26-17-22(20)24(29)28-14-12-19(13-15-28)18-6-2-1-3-7-18/h1-3,5-7,10-11,19-20,22,26H,4,8-9,12-17H2/t20-,22+/m0/s1. The predicted molar refractivity (Wildman–Crippen MR) is 120 cm³/mol. The van der Waals surface area contributed by atoms with Crippen molar-refractivity contribution in [1.29, 1.82) is 0 Å². The molecule has 5 heteroatoms. The maximum atomic E-state index is 13.2. The minimum atomic E-state index is 0.138. The monoisotopic (exact) mass is 455 g/mol. The van der Waals surface area contributed by atoms with Crippen molar-refractivity contribution in [3.8, 4) is 0 Å². The SMILES string of the molecule is O=C([C@@H]1CNC[C@@H]1CCCc1cccc(Br)n1)N1CCC(c2ccccc2)CC1. The molecule has 1 aromatic heterocycles. The lowest BCUT2D eigenvalue weighted by Crippen LogP contribution is -2.43. The highest BCUT2D eigenvalue weighted by Crippen LogP contribution is 2.31. The molecule has 0 unspecified atom stereocenters. The van der Waals surface area contributed by atoms with E-state index in [0.29, 0.717) is 17.7 Å². The van der Waals surface area contributed by atoms with Crippen LogP contribution in [0.2, 0.25) is 0 Å². The quantitative estimate of drug-likeness (QED) is 0.656. The first-order chi connectivity index (χ1) is 14.2. The number of pyridine rings is 1. The molecule has 1 amide bonds. The van der Waals surface area contributed by atoms with Gasteiger partial charge in [0, 0.05) is 25.3 Å². The van der Waals surface area contributed by atoms with Gasteiger partial charge in [-0.1, -0.05) is 36.4 Å². The molecule has 2 aliphatic heterocycles. The molecule has 2 atom stereocenters. The number of aromatic nitrogens is 1. The van der Waals surface area contributed by atoms with Crippen molar-refractivity contribution in [2.75, 3.05) is 26.2 Å². The maximum Gasteiger partial charge on any atom is 0.227 e. The summed E-state index contributed by atoms with van der Waals surface area (Å²) in [6, 6.07) is 16.8. The minimum absolute atomic E-state index is 0.138. The van der Waals surface area contributed by atoms with E-state index in [1.807, 2.05) is 12.1 Å². The molecule has 2 aliphatic rings. The fraction of sp³-hybridized carbons (Fsp3) is 0.500. The number of halogens is 1. The van der Waals surface area contributed by atoms with Gasteiger partial charge < -0.3 is 10.2 Å². The van der Waals surface area contributed by atoms with Gasteiger partial charge in [0.15, 0.2) is 0 Å². The molecule has 1 N–H and O–H groups in total. The molecule has 2 saturated heterocycles. The number of hydrogen-bond donors (Lipinski definition) is 1. The van der Waals surface area contributed by atoms with Gasteiger partial charge in [-0.3, -0.25) is 4.79 Å². The van der Waals surface area contributed by atoms with E-state index in [0.717, 1.165) is 68.6 Å². The molecular formula is C24H30BrN3O. The predicted octanol–water partition coefficient (Wildman–Crippen LogP) is 4.41. The molecule has 0 radical (unpaired) electrons. The van der Waals surface area contributed by atoms with Gasteiger partial charge in [-0.05, 0) is 84.1 Å². The molecule has 3 heterocycles. The summed E-state index contributed by atoms with van der Waals surface area (Å²) in [7, 11) is 0. The summed E-state index contributed by atoms with van der Waals surface area (Å²) in [6.45, 7) is 3.58. The van der Waals surface area contributed by atoms with Crippen LogP contribution in [0.4, 0.5) is 0 Å². The summed E-state index contributed by atoms with van der Waals surface area (Å²) in [4.78, 5) is 19.8. The summed E-state index contributed by atoms with van der Waals surface area (Å²) in [5.74, 6) is 1.54. The second-order valence-corrected chi connectivity index (χ2v) is 9.19. The lowest BCUT2D eigenvalue weighted by Gasteiger charge is -2.34. The van der Waals surface area contributed by atoms with Crippen LogP contribution < -0.4 is 5.32 Å². The van der Waals surface area contributed by atoms with E-state index < -0.39 is 0 Å². The number of nitrogens with zero attached hydrogens (tertiary/aromatic N) is 2. The van der Waals surface area contributed by atoms with E-state index in [1.54, 1.807) is 0 Å². The number of carbonyl (C=O) groups excluding carboxylic acids is 1. The Morgan fingerprint density at radius 1 is 1.07 bits per heavy atom. The van der Waals surface area contributed by atoms with Crippen LogP contribution in [0, 0.1) is 11.8 Å². The third-order valence-electron chi connectivity index (χ3n) is 6.52. The highest BCUT2D eigenvalue weighted by atomic mass is 79.9. The van der Waals surface area contributed by atoms with Gasteiger partial charge in [-0.15, -0.1) is 0 Å². The second-order valence-electron chi connectivity index (χ2n) is 8.38. The molecule has 4 nitrogen and oxygen atoms in total. The van der Waals surface area contributed by atoms with E-state index in [2.05, 4.69) is 67.5 Å². The number of aryl methyl sites for hydroxylation is 1. The van der Waals surface area contributed by atoms with E-state index >= 15 is 0 Å². The van der Waals surface area contributed by atoms with Gasteiger partial charge in [0.25, 0.3) is 0 Å². The number of carbonyl (C=O) groups is 1. The summed E-state index contributed by atoms with van der Waals surface area (Å²) in [6.07, 6.45) is 5.29. The topological polar surface area (TPSA) is 45.2 Å². The van der Waals surface area contributed by atoms with Crippen LogP contribution in [0.25, 0.3) is 0 Å². The van der Waals surface area contributed by atoms with Crippen LogP contribution in [0.3, 0.4) is 0 Å². The second kappa shape index (κ2) is 9.86. The first-order valence-electron chi connectivity index (χ1n) is 10.9. The van der Waals surface area contributed by atoms with Gasteiger partial charge in [-0.25, -0.2) is 4.98 Å². The highest BCUT2D eigenvalue weighted by Gasteiger charge is 2.36. The Hall–Kier alpha value is -1.72. The fourth-order valence-electron chi connectivity index (χ4n) is 4.85. The number of amides is 1. The first-order valence-corrected chi connectivity index (χ1v) is 11.7. The zero-order valence-electron chi connectivity index (χ0n) is 16.9. The van der Waals surface area contributed by atoms with Crippen molar-refractivity contribution in [3.63, 3.8) is 0 Å². The molecule has 4 rings (SSSR count). The van der Waals surface area contributed by atoms with Crippen molar-refractivity contribution >= 4 is 21.8 Å². The first kappa shape index (κ1) is 20.5. The zero-order chi connectivity index (χ0) is 20.1. The molecule has 29 heavy (non-hydrogen) atoms. The van der Waals surface area contributed by atoms with Crippen molar-refractivity contribution in [1.82, 2.24) is 15.2 Å². The van der Waals surface area contributed by atoms with Crippen molar-refractivity contribution in [2.45, 2.75) is 38.0 Å². The Morgan fingerprint density at radius 3 is 2.62 bits per heavy atom. The van der Waals surface area contributed by atoms with Gasteiger partial charge >= 0.3 is 0 Å². The Balaban J connectivity index is 1.27. The molecule has 0 bridgehead atoms. The molecular weight excluding hydrogens is 426 g/mol. The molecule has 154 valence electrons. The molecule has 0 spiro atoms. The number of likely N-dealkylation sites (tertiary alicyclic amines) is 1. The Bertz CT molecular complexity index is 805. The number of hydrogen-bond acceptors (Lipinski definition) is 3. The Kier molecular flexibility index (Phi) is 6.98. The summed E-state index contributed by atoms with van der Waals surface area (Å²) >= 11 is 3.44. The summed E-state index contributed by atoms with van der Waals surface area (Å²) < 4.78 is 0.893. The van der Waals surface area contributed by atoms with Crippen molar-refractivity contribution in [2.24, 2.45) is 11.8 Å². The molecule has 0 saturated carbocycles. The van der Waals surface area contributed by atoms with Crippen LogP contribution in [0.15, 0.2) is 53.1 Å². The van der Waals surface area contributed by atoms with Crippen molar-refractivity contribution < 1.29 is 4.79 Å². The fourth-order valence-corrected chi connectivity index (χ4v) is 5.23. The summed E-state index contributed by atoms with van der Waals surface area (Å²) in [5.41, 5.74) is 2.54. The number of benzene rings is 1. The molecule has 2 aromatic rings. The lowest BCUT2D eigenvalue weighted by molar-refractivity contribution is -0.137. The van der Waals surface area contributed by atoms with E-state index in [-0.39, 0.29) is 5.92 Å². The zero-order valence-corrected chi connectivity index (χ0v) is 18.5. The van der Waals surface area contributed by atoms with Crippen LogP contribution in [-0.2, 0) is 11.2 Å². The van der Waals surface area contributed by atoms with Gasteiger partial charge in [0.1, 0.15) is 4.60 Å². The van der Waals surface area contributed by atoms with Crippen LogP contribution in [0.1, 0.15) is 42.9 Å². The maximum absolute atomic E-state index is 13.2. The smallest absolute Gasteiger partial charge is 0.227 e. The Morgan fingerprint density at radius 2 is 1.86 bits per heavy atom. The van der Waals surface area contributed by atoms with Crippen molar-refractivity contribution in [3.05, 3.63) is 64.4 Å². The van der Waals surface area contributed by atoms with E-state index in [4.69, 9.17) is 0 Å². The largest absolute Gasteiger partial charge is 0.342 e. The number of nitrogens with one attached hydrogen (secondary N) is 1. The van der Waals surface area contributed by atoms with Crippen LogP contribution >= 0.6 is 15.9 Å². The minimum Gasteiger partial charge on any atom is -0.342 e. The number of piperidine rings is 1. The number of rotatable bonds is 6. The van der Waals surface area contributed by atoms with Crippen LogP contribution in [0.5, 0.6) is 0 Å².